The van der Waals surface area contributed by atoms with Gasteiger partial charge >= 0.3 is 12.1 Å². The summed E-state index contributed by atoms with van der Waals surface area (Å²) in [7, 11) is -2.17. The maximum absolute atomic E-state index is 13.4. The van der Waals surface area contributed by atoms with Crippen molar-refractivity contribution in [3.05, 3.63) is 99.5 Å². The molecule has 0 radical (unpaired) electrons. The van der Waals surface area contributed by atoms with Gasteiger partial charge in [0.1, 0.15) is 25.6 Å². The third kappa shape index (κ3) is 9.06. The monoisotopic (exact) mass is 685 g/mol. The van der Waals surface area contributed by atoms with Crippen molar-refractivity contribution in [3.8, 4) is 11.5 Å². The van der Waals surface area contributed by atoms with Crippen LogP contribution in [0.2, 0.25) is 28.2 Å². The maximum atomic E-state index is 13.4. The van der Waals surface area contributed by atoms with E-state index >= 15 is 0 Å². The average molecular weight is 687 g/mol. The maximum Gasteiger partial charge on any atom is 0.410 e. The highest BCUT2D eigenvalue weighted by Crippen LogP contribution is 2.38. The zero-order chi connectivity index (χ0) is 33.5. The highest BCUT2D eigenvalue weighted by Gasteiger charge is 2.40. The van der Waals surface area contributed by atoms with E-state index in [1.807, 2.05) is 42.5 Å². The van der Waals surface area contributed by atoms with Crippen LogP contribution in [-0.4, -0.2) is 62.8 Å². The molecule has 1 heterocycles. The number of carboxylic acids is 1. The molecule has 3 aromatic rings. The predicted molar refractivity (Wildman–Crippen MR) is 183 cm³/mol. The van der Waals surface area contributed by atoms with Crippen LogP contribution in [0, 0.1) is 0 Å². The van der Waals surface area contributed by atoms with Gasteiger partial charge in [-0.3, -0.25) is 4.90 Å². The van der Waals surface area contributed by atoms with E-state index in [1.54, 1.807) is 30.3 Å². The molecular weight excluding hydrogens is 645 g/mol. The number of hydrogen-bond donors (Lipinski definition) is 1. The minimum atomic E-state index is -2.17. The van der Waals surface area contributed by atoms with Crippen LogP contribution in [0.5, 0.6) is 11.5 Å². The van der Waals surface area contributed by atoms with Crippen molar-refractivity contribution < 1.29 is 33.3 Å². The van der Waals surface area contributed by atoms with Crippen LogP contribution >= 0.6 is 23.2 Å². The Kier molecular flexibility index (Phi) is 11.8. The molecule has 1 N–H and O–H groups in total. The Bertz CT molecular complexity index is 1520. The first-order valence-electron chi connectivity index (χ1n) is 15.1. The zero-order valence-corrected chi connectivity index (χ0v) is 29.4. The van der Waals surface area contributed by atoms with E-state index in [0.29, 0.717) is 33.5 Å². The number of halogens is 2. The van der Waals surface area contributed by atoms with Gasteiger partial charge in [-0.15, -0.1) is 0 Å². The summed E-state index contributed by atoms with van der Waals surface area (Å²) >= 11 is 12.3. The van der Waals surface area contributed by atoms with Gasteiger partial charge in [0.2, 0.25) is 0 Å². The molecule has 1 amide bonds. The number of rotatable bonds is 12. The van der Waals surface area contributed by atoms with Crippen molar-refractivity contribution in [2.75, 3.05) is 26.4 Å². The second-order valence-electron chi connectivity index (χ2n) is 12.6. The van der Waals surface area contributed by atoms with Crippen LogP contribution in [0.4, 0.5) is 4.79 Å². The Labute approximate surface area is 281 Å². The fourth-order valence-corrected chi connectivity index (χ4v) is 6.26. The Balaban J connectivity index is 1.50. The molecule has 1 atom stereocenters. The van der Waals surface area contributed by atoms with Crippen molar-refractivity contribution in [1.29, 1.82) is 0 Å². The summed E-state index contributed by atoms with van der Waals surface area (Å²) in [5.41, 5.74) is 2.36. The fourth-order valence-electron chi connectivity index (χ4n) is 4.71. The molecule has 4 rings (SSSR count). The molecule has 0 bridgehead atoms. The van der Waals surface area contributed by atoms with Gasteiger partial charge in [-0.2, -0.15) is 0 Å². The number of ether oxygens (including phenoxy) is 3. The molecule has 0 aromatic heterocycles. The number of hydrogen-bond acceptors (Lipinski definition) is 6. The Morgan fingerprint density at radius 1 is 0.913 bits per heavy atom. The van der Waals surface area contributed by atoms with Crippen molar-refractivity contribution in [2.24, 2.45) is 0 Å². The lowest BCUT2D eigenvalue weighted by atomic mass is 9.89. The minimum absolute atomic E-state index is 0.0360. The van der Waals surface area contributed by atoms with Crippen LogP contribution in [0.15, 0.2) is 78.4 Å². The molecule has 246 valence electrons. The second kappa shape index (κ2) is 15.4. The van der Waals surface area contributed by atoms with Gasteiger partial charge < -0.3 is 23.7 Å². The summed E-state index contributed by atoms with van der Waals surface area (Å²) < 4.78 is 23.7. The zero-order valence-electron chi connectivity index (χ0n) is 26.8. The summed E-state index contributed by atoms with van der Waals surface area (Å²) in [6.45, 7) is 11.5. The van der Waals surface area contributed by atoms with Crippen LogP contribution in [0.25, 0.3) is 5.57 Å². The van der Waals surface area contributed by atoms with E-state index in [0.717, 1.165) is 11.1 Å². The number of amides is 1. The largest absolute Gasteiger partial charge is 0.490 e. The van der Waals surface area contributed by atoms with Gasteiger partial charge in [0.15, 0.2) is 14.1 Å². The summed E-state index contributed by atoms with van der Waals surface area (Å²) in [4.78, 5) is 27.4. The fraction of sp³-hybridized carbons (Fsp3) is 0.371. The first-order valence-corrected chi connectivity index (χ1v) is 18.8. The Hall–Kier alpha value is -3.50. The third-order valence-corrected chi connectivity index (χ3v) is 13.5. The van der Waals surface area contributed by atoms with Crippen LogP contribution in [-0.2, 0) is 20.6 Å². The number of benzene rings is 3. The van der Waals surface area contributed by atoms with Crippen LogP contribution in [0.3, 0.4) is 0 Å². The lowest BCUT2D eigenvalue weighted by molar-refractivity contribution is -0.133. The first-order chi connectivity index (χ1) is 21.8. The van der Waals surface area contributed by atoms with Gasteiger partial charge in [0, 0.05) is 0 Å². The van der Waals surface area contributed by atoms with Crippen molar-refractivity contribution >= 4 is 49.2 Å². The molecule has 0 spiro atoms. The van der Waals surface area contributed by atoms with Gasteiger partial charge in [-0.1, -0.05) is 92.5 Å². The molecule has 1 aliphatic rings. The lowest BCUT2D eigenvalue weighted by Crippen LogP contribution is -2.51. The summed E-state index contributed by atoms with van der Waals surface area (Å²) in [6, 6.07) is 21.3. The van der Waals surface area contributed by atoms with E-state index in [-0.39, 0.29) is 43.6 Å². The number of para-hydroxylation sites is 1. The van der Waals surface area contributed by atoms with Crippen molar-refractivity contribution in [2.45, 2.75) is 58.0 Å². The molecule has 8 nitrogen and oxygen atoms in total. The van der Waals surface area contributed by atoms with E-state index < -0.39 is 26.4 Å². The number of aliphatic carboxylic acids is 1. The summed E-state index contributed by atoms with van der Waals surface area (Å²) in [6.07, 6.45) is -0.280. The molecule has 11 heteroatoms. The van der Waals surface area contributed by atoms with E-state index in [4.69, 9.17) is 41.8 Å². The van der Waals surface area contributed by atoms with Gasteiger partial charge in [-0.25, -0.2) is 9.59 Å². The highest BCUT2D eigenvalue weighted by molar-refractivity contribution is 6.74. The van der Waals surface area contributed by atoms with E-state index in [9.17, 15) is 14.7 Å². The second-order valence-corrected chi connectivity index (χ2v) is 18.3. The average Bonchev–Trinajstić information content (AvgIpc) is 3.02. The molecule has 0 saturated heterocycles. The van der Waals surface area contributed by atoms with Crippen LogP contribution < -0.4 is 9.47 Å². The highest BCUT2D eigenvalue weighted by atomic mass is 35.5. The summed E-state index contributed by atoms with van der Waals surface area (Å²) in [5, 5.41) is 11.0. The number of carbonyl (C=O) groups is 2. The predicted octanol–water partition coefficient (Wildman–Crippen LogP) is 8.72. The van der Waals surface area contributed by atoms with E-state index in [2.05, 4.69) is 33.9 Å². The Morgan fingerprint density at radius 3 is 2.15 bits per heavy atom. The third-order valence-electron chi connectivity index (χ3n) is 8.43. The number of carbonyl (C=O) groups excluding carboxylic acids is 1. The van der Waals surface area contributed by atoms with Crippen molar-refractivity contribution in [1.82, 2.24) is 4.90 Å². The van der Waals surface area contributed by atoms with Gasteiger partial charge in [0.25, 0.3) is 0 Å². The minimum Gasteiger partial charge on any atom is -0.490 e. The lowest BCUT2D eigenvalue weighted by Gasteiger charge is -2.41. The molecule has 3 aromatic carbocycles. The quantitative estimate of drug-likeness (QED) is 0.150. The molecule has 1 aliphatic heterocycles. The molecule has 0 saturated carbocycles. The molecular formula is C35H41Cl2NO7Si. The SMILES string of the molecule is CC(C)(C)[Si](C)(C)OCC1CC(c2ccc(OCCOc3c(Cl)cccc3Cl)cc2)=C(C(=O)O)CN1C(=O)OCc1ccccc1. The number of nitrogens with zero attached hydrogens (tertiary/aromatic N) is 1. The molecule has 46 heavy (non-hydrogen) atoms. The van der Waals surface area contributed by atoms with Crippen molar-refractivity contribution in [3.63, 3.8) is 0 Å². The first kappa shape index (κ1) is 35.4. The normalized spacial score (nSPS) is 15.5. The number of carboxylic acid groups (broad SMARTS) is 1. The Morgan fingerprint density at radius 2 is 1.54 bits per heavy atom. The topological polar surface area (TPSA) is 94.5 Å². The smallest absolute Gasteiger partial charge is 0.410 e. The molecule has 0 aliphatic carbocycles. The molecule has 0 fully saturated rings. The van der Waals surface area contributed by atoms with Gasteiger partial charge in [0.05, 0.1) is 34.8 Å². The van der Waals surface area contributed by atoms with Crippen LogP contribution in [0.1, 0.15) is 38.3 Å². The van der Waals surface area contributed by atoms with Gasteiger partial charge in [-0.05, 0) is 65.5 Å². The van der Waals surface area contributed by atoms with E-state index in [1.165, 1.54) is 4.90 Å². The molecule has 1 unspecified atom stereocenters. The summed E-state index contributed by atoms with van der Waals surface area (Å²) in [5.74, 6) is -0.0922. The standard InChI is InChI=1S/C35H41Cl2NO7Si/c1-35(2,3)46(4,5)45-23-26-20-28(29(33(39)40)21-38(26)34(41)44-22-24-10-7-6-8-11-24)25-14-16-27(17-15-25)42-18-19-43-32-30(36)12-9-13-31(32)37/h6-17,26H,18-23H2,1-5H3,(H,39,40).